The second-order valence-electron chi connectivity index (χ2n) is 26.6. The van der Waals surface area contributed by atoms with Gasteiger partial charge in [-0.05, 0) is 37.5 Å². The lowest BCUT2D eigenvalue weighted by atomic mass is 10.0. The zero-order valence-corrected chi connectivity index (χ0v) is 60.2. The zero-order chi connectivity index (χ0) is 66.5. The fraction of sp³-hybridized carbons (Fsp3) is 0.944. The number of phosphoric ester groups is 2. The SMILES string of the molecule is CCCCCCCCCCCCCCC(=O)O[C@H](COC(=O)CCCCCCCCCCCC)COP(=O)(O)OC[C@H](O)COP(=O)(O)OC[C@@H](COC(=O)CCCCCCCCCCCCC(C)C)OC(=O)CCCCCCCCCCCCCCC(C)C. The van der Waals surface area contributed by atoms with Crippen molar-refractivity contribution < 1.29 is 80.2 Å². The van der Waals surface area contributed by atoms with E-state index in [1.807, 2.05) is 0 Å². The molecule has 5 atom stereocenters. The number of phosphoric acid groups is 2. The topological polar surface area (TPSA) is 237 Å². The lowest BCUT2D eigenvalue weighted by molar-refractivity contribution is -0.161. The molecule has 0 saturated heterocycles. The number of aliphatic hydroxyl groups is 1. The average molecular weight is 1330 g/mol. The molecule has 0 aliphatic carbocycles. The van der Waals surface area contributed by atoms with Gasteiger partial charge in [0.1, 0.15) is 19.3 Å². The van der Waals surface area contributed by atoms with Crippen LogP contribution in [0.1, 0.15) is 363 Å². The van der Waals surface area contributed by atoms with E-state index in [9.17, 15) is 43.2 Å². The third-order valence-electron chi connectivity index (χ3n) is 16.5. The summed E-state index contributed by atoms with van der Waals surface area (Å²) < 4.78 is 68.3. The van der Waals surface area contributed by atoms with Gasteiger partial charge in [0.15, 0.2) is 12.2 Å². The highest BCUT2D eigenvalue weighted by atomic mass is 31.2. The van der Waals surface area contributed by atoms with E-state index in [1.165, 1.54) is 180 Å². The molecule has 0 amide bonds. The van der Waals surface area contributed by atoms with Crippen LogP contribution in [0.4, 0.5) is 0 Å². The molecule has 0 aliphatic rings. The number of aliphatic hydroxyl groups excluding tert-OH is 1. The minimum atomic E-state index is -4.95. The Balaban J connectivity index is 5.25. The predicted molar refractivity (Wildman–Crippen MR) is 363 cm³/mol. The quantitative estimate of drug-likeness (QED) is 0.0222. The van der Waals surface area contributed by atoms with Crippen LogP contribution in [-0.4, -0.2) is 96.7 Å². The molecule has 0 spiro atoms. The Bertz CT molecular complexity index is 1750. The summed E-state index contributed by atoms with van der Waals surface area (Å²) in [5.74, 6) is -0.586. The van der Waals surface area contributed by atoms with Crippen molar-refractivity contribution >= 4 is 39.5 Å². The second kappa shape index (κ2) is 63.1. The number of hydrogen-bond acceptors (Lipinski definition) is 15. The molecular formula is C71H138O17P2. The van der Waals surface area contributed by atoms with Crippen molar-refractivity contribution in [3.63, 3.8) is 0 Å². The van der Waals surface area contributed by atoms with Crippen LogP contribution in [0, 0.1) is 11.8 Å². The Labute approximate surface area is 549 Å². The highest BCUT2D eigenvalue weighted by molar-refractivity contribution is 7.47. The van der Waals surface area contributed by atoms with Gasteiger partial charge >= 0.3 is 39.5 Å². The summed E-state index contributed by atoms with van der Waals surface area (Å²) in [6, 6.07) is 0. The molecule has 0 aromatic carbocycles. The maximum atomic E-state index is 13.0. The number of rotatable bonds is 70. The lowest BCUT2D eigenvalue weighted by Crippen LogP contribution is -2.30. The van der Waals surface area contributed by atoms with E-state index in [0.29, 0.717) is 25.7 Å². The van der Waals surface area contributed by atoms with Gasteiger partial charge in [-0.25, -0.2) is 9.13 Å². The minimum Gasteiger partial charge on any atom is -0.462 e. The first-order valence-electron chi connectivity index (χ1n) is 37.0. The van der Waals surface area contributed by atoms with Crippen molar-refractivity contribution in [2.75, 3.05) is 39.6 Å². The van der Waals surface area contributed by atoms with Gasteiger partial charge in [0, 0.05) is 25.7 Å². The molecule has 0 aromatic rings. The van der Waals surface area contributed by atoms with Gasteiger partial charge in [0.2, 0.25) is 0 Å². The molecule has 17 nitrogen and oxygen atoms in total. The summed E-state index contributed by atoms with van der Waals surface area (Å²) in [6.07, 6.45) is 48.4. The van der Waals surface area contributed by atoms with Crippen molar-refractivity contribution in [1.82, 2.24) is 0 Å². The van der Waals surface area contributed by atoms with Gasteiger partial charge in [0.05, 0.1) is 26.4 Å². The molecule has 534 valence electrons. The minimum absolute atomic E-state index is 0.107. The van der Waals surface area contributed by atoms with E-state index in [1.54, 1.807) is 0 Å². The molecule has 0 aromatic heterocycles. The fourth-order valence-electron chi connectivity index (χ4n) is 10.8. The van der Waals surface area contributed by atoms with Crippen molar-refractivity contribution in [3.05, 3.63) is 0 Å². The van der Waals surface area contributed by atoms with Crippen molar-refractivity contribution in [2.24, 2.45) is 11.8 Å². The van der Waals surface area contributed by atoms with Crippen LogP contribution in [0.3, 0.4) is 0 Å². The molecule has 0 bridgehead atoms. The van der Waals surface area contributed by atoms with Crippen molar-refractivity contribution in [2.45, 2.75) is 381 Å². The van der Waals surface area contributed by atoms with E-state index in [4.69, 9.17) is 37.0 Å². The zero-order valence-electron chi connectivity index (χ0n) is 58.4. The molecule has 2 unspecified atom stereocenters. The number of carbonyl (C=O) groups excluding carboxylic acids is 4. The van der Waals surface area contributed by atoms with E-state index in [0.717, 1.165) is 102 Å². The molecule has 0 rings (SSSR count). The maximum Gasteiger partial charge on any atom is 0.472 e. The van der Waals surface area contributed by atoms with Crippen molar-refractivity contribution in [3.8, 4) is 0 Å². The monoisotopic (exact) mass is 1320 g/mol. The van der Waals surface area contributed by atoms with Gasteiger partial charge < -0.3 is 33.8 Å². The van der Waals surface area contributed by atoms with Crippen molar-refractivity contribution in [1.29, 1.82) is 0 Å². The number of ether oxygens (including phenoxy) is 4. The van der Waals surface area contributed by atoms with Crippen LogP contribution >= 0.6 is 15.6 Å². The van der Waals surface area contributed by atoms with Crippen LogP contribution in [-0.2, 0) is 65.4 Å². The third-order valence-corrected chi connectivity index (χ3v) is 18.4. The predicted octanol–water partition coefficient (Wildman–Crippen LogP) is 20.4. The molecule has 0 saturated carbocycles. The Morgan fingerprint density at radius 1 is 0.300 bits per heavy atom. The van der Waals surface area contributed by atoms with E-state index in [2.05, 4.69) is 41.5 Å². The lowest BCUT2D eigenvalue weighted by Gasteiger charge is -2.21. The molecule has 0 radical (unpaired) electrons. The van der Waals surface area contributed by atoms with Crippen LogP contribution in [0.2, 0.25) is 0 Å². The largest absolute Gasteiger partial charge is 0.472 e. The molecule has 19 heteroatoms. The summed E-state index contributed by atoms with van der Waals surface area (Å²) in [5, 5.41) is 10.6. The van der Waals surface area contributed by atoms with Crippen LogP contribution < -0.4 is 0 Å². The van der Waals surface area contributed by atoms with E-state index in [-0.39, 0.29) is 25.7 Å². The average Bonchev–Trinajstić information content (AvgIpc) is 2.98. The Morgan fingerprint density at radius 3 is 0.756 bits per heavy atom. The molecule has 0 heterocycles. The van der Waals surface area contributed by atoms with Gasteiger partial charge in [-0.3, -0.25) is 37.3 Å². The Morgan fingerprint density at radius 2 is 0.511 bits per heavy atom. The Kier molecular flexibility index (Phi) is 61.8. The molecule has 0 fully saturated rings. The number of hydrogen-bond donors (Lipinski definition) is 3. The first-order valence-corrected chi connectivity index (χ1v) is 40.0. The van der Waals surface area contributed by atoms with Gasteiger partial charge in [-0.1, -0.05) is 311 Å². The summed E-state index contributed by atoms with van der Waals surface area (Å²) in [6.45, 7) is 9.56. The molecule has 90 heavy (non-hydrogen) atoms. The summed E-state index contributed by atoms with van der Waals surface area (Å²) >= 11 is 0. The summed E-state index contributed by atoms with van der Waals surface area (Å²) in [4.78, 5) is 72.6. The highest BCUT2D eigenvalue weighted by Crippen LogP contribution is 2.45. The molecule has 0 aliphatic heterocycles. The molecule has 3 N–H and O–H groups in total. The first-order chi connectivity index (χ1) is 43.4. The van der Waals surface area contributed by atoms with Crippen LogP contribution in [0.15, 0.2) is 0 Å². The maximum absolute atomic E-state index is 13.0. The standard InChI is InChI=1S/C71H138O17P2/c1-7-9-11-13-15-17-19-23-31-37-43-49-55-70(75)87-66(59-81-68(73)53-47-41-35-29-18-16-14-12-10-8-2)61-85-89(77,78)83-57-65(72)58-84-90(79,80)86-62-67(60-82-69(74)54-48-42-36-30-26-25-28-34-40-46-52-64(5)6)88-71(76)56-50-44-38-32-24-21-20-22-27-33-39-45-51-63(3)4/h63-67,72H,7-62H2,1-6H3,(H,77,78)(H,79,80)/t65-,66+,67+/m0/s1. The number of unbranched alkanes of at least 4 members (excludes halogenated alkanes) is 40. The van der Waals surface area contributed by atoms with Crippen LogP contribution in [0.5, 0.6) is 0 Å². The highest BCUT2D eigenvalue weighted by Gasteiger charge is 2.30. The van der Waals surface area contributed by atoms with Gasteiger partial charge in [-0.15, -0.1) is 0 Å². The molecular weight excluding hydrogens is 1190 g/mol. The third kappa shape index (κ3) is 64.8. The summed E-state index contributed by atoms with van der Waals surface area (Å²) in [5.41, 5.74) is 0. The van der Waals surface area contributed by atoms with E-state index < -0.39 is 97.5 Å². The van der Waals surface area contributed by atoms with Gasteiger partial charge in [-0.2, -0.15) is 0 Å². The smallest absolute Gasteiger partial charge is 0.462 e. The van der Waals surface area contributed by atoms with Gasteiger partial charge in [0.25, 0.3) is 0 Å². The number of carbonyl (C=O) groups is 4. The Hall–Kier alpha value is -1.94. The normalized spacial score (nSPS) is 14.1. The van der Waals surface area contributed by atoms with Crippen LogP contribution in [0.25, 0.3) is 0 Å². The second-order valence-corrected chi connectivity index (χ2v) is 29.5. The number of esters is 4. The fourth-order valence-corrected chi connectivity index (χ4v) is 12.3. The first kappa shape index (κ1) is 88.1. The summed E-state index contributed by atoms with van der Waals surface area (Å²) in [7, 11) is -9.90. The van der Waals surface area contributed by atoms with E-state index >= 15 is 0 Å².